The quantitative estimate of drug-likeness (QED) is 0.364. The number of hydrogen-bond donors (Lipinski definition) is 3. The van der Waals surface area contributed by atoms with Gasteiger partial charge < -0.3 is 20.7 Å². The molecule has 2 fully saturated rings. The lowest BCUT2D eigenvalue weighted by molar-refractivity contribution is -0.124. The highest BCUT2D eigenvalue weighted by Crippen LogP contribution is 2.47. The molecule has 0 bridgehead atoms. The summed E-state index contributed by atoms with van der Waals surface area (Å²) in [5.41, 5.74) is 1.65. The van der Waals surface area contributed by atoms with Crippen molar-refractivity contribution in [3.05, 3.63) is 63.4 Å². The van der Waals surface area contributed by atoms with Crippen LogP contribution < -0.4 is 16.0 Å². The van der Waals surface area contributed by atoms with Gasteiger partial charge >= 0.3 is 0 Å². The fourth-order valence-corrected chi connectivity index (χ4v) is 6.24. The molecule has 1 saturated heterocycles. The number of hydrogen-bond acceptors (Lipinski definition) is 4. The van der Waals surface area contributed by atoms with Gasteiger partial charge in [0, 0.05) is 34.6 Å². The summed E-state index contributed by atoms with van der Waals surface area (Å²) < 4.78 is 21.4. The summed E-state index contributed by atoms with van der Waals surface area (Å²) in [5, 5.41) is 9.79. The van der Waals surface area contributed by atoms with E-state index in [1.807, 2.05) is 26.8 Å². The van der Waals surface area contributed by atoms with Crippen LogP contribution in [0.2, 0.25) is 10.0 Å². The molecule has 3 N–H and O–H groups in total. The lowest BCUT2D eigenvalue weighted by Gasteiger charge is -2.32. The van der Waals surface area contributed by atoms with Crippen LogP contribution in [0.25, 0.3) is 0 Å². The van der Waals surface area contributed by atoms with Gasteiger partial charge in [-0.1, -0.05) is 41.4 Å². The average molecular weight is 551 g/mol. The highest BCUT2D eigenvalue weighted by molar-refractivity contribution is 6.31. The summed E-state index contributed by atoms with van der Waals surface area (Å²) in [7, 11) is 0. The minimum Gasteiger partial charge on any atom is -0.376 e. The maximum atomic E-state index is 15.4. The molecular formula is C28H34Cl2FN3O3. The fraction of sp³-hybridized carbons (Fsp3) is 0.500. The largest absolute Gasteiger partial charge is 0.376 e. The van der Waals surface area contributed by atoms with Crippen LogP contribution in [0.1, 0.15) is 69.4 Å². The summed E-state index contributed by atoms with van der Waals surface area (Å²) in [6, 6.07) is 9.21. The molecule has 4 rings (SSSR count). The molecule has 2 aliphatic rings. The second-order valence-electron chi connectivity index (χ2n) is 10.3. The van der Waals surface area contributed by atoms with E-state index in [2.05, 4.69) is 16.0 Å². The van der Waals surface area contributed by atoms with E-state index in [9.17, 15) is 9.59 Å². The normalized spacial score (nSPS) is 27.8. The van der Waals surface area contributed by atoms with Crippen LogP contribution in [0.3, 0.4) is 0 Å². The van der Waals surface area contributed by atoms with Gasteiger partial charge in [0.15, 0.2) is 0 Å². The van der Waals surface area contributed by atoms with E-state index < -0.39 is 17.8 Å². The van der Waals surface area contributed by atoms with E-state index in [0.717, 1.165) is 31.2 Å². The van der Waals surface area contributed by atoms with Crippen LogP contribution in [0, 0.1) is 5.82 Å². The smallest absolute Gasteiger partial charge is 0.238 e. The van der Waals surface area contributed by atoms with Crippen LogP contribution in [-0.4, -0.2) is 42.7 Å². The van der Waals surface area contributed by atoms with E-state index in [0.29, 0.717) is 22.7 Å². The van der Waals surface area contributed by atoms with Crippen molar-refractivity contribution in [3.8, 4) is 0 Å². The molecule has 1 aliphatic carbocycles. The molecule has 200 valence electrons. The third kappa shape index (κ3) is 6.28. The van der Waals surface area contributed by atoms with Gasteiger partial charge in [0.1, 0.15) is 5.82 Å². The SMILES string of the molecule is CC(C)OC1CCC(NC(=O)C2N[C@@H](C)C(c3ccc(Cl)cc3NC=O)[C@H]2c2cccc(Cl)c2F)CC1. The number of halogens is 3. The summed E-state index contributed by atoms with van der Waals surface area (Å²) in [5.74, 6) is -1.62. The Hall–Kier alpha value is -2.19. The highest BCUT2D eigenvalue weighted by atomic mass is 35.5. The Bertz CT molecular complexity index is 1120. The molecule has 2 aromatic rings. The Morgan fingerprint density at radius 3 is 2.51 bits per heavy atom. The number of anilines is 1. The number of amides is 2. The second-order valence-corrected chi connectivity index (χ2v) is 11.1. The highest BCUT2D eigenvalue weighted by Gasteiger charge is 2.48. The molecule has 9 heteroatoms. The first-order valence-electron chi connectivity index (χ1n) is 12.8. The van der Waals surface area contributed by atoms with Crippen LogP contribution >= 0.6 is 23.2 Å². The third-order valence-electron chi connectivity index (χ3n) is 7.42. The molecule has 4 atom stereocenters. The summed E-state index contributed by atoms with van der Waals surface area (Å²) >= 11 is 12.4. The monoisotopic (exact) mass is 549 g/mol. The first-order chi connectivity index (χ1) is 17.7. The average Bonchev–Trinajstić information content (AvgIpc) is 3.19. The summed E-state index contributed by atoms with van der Waals surface area (Å²) in [6.45, 7) is 6.02. The zero-order chi connectivity index (χ0) is 26.7. The number of nitrogens with one attached hydrogen (secondary N) is 3. The fourth-order valence-electron chi connectivity index (χ4n) is 5.89. The minimum atomic E-state index is -0.697. The number of benzene rings is 2. The predicted octanol–water partition coefficient (Wildman–Crippen LogP) is 5.78. The Balaban J connectivity index is 1.64. The van der Waals surface area contributed by atoms with E-state index >= 15 is 4.39 Å². The van der Waals surface area contributed by atoms with Gasteiger partial charge in [-0.05, 0) is 75.8 Å². The molecule has 37 heavy (non-hydrogen) atoms. The van der Waals surface area contributed by atoms with Crippen molar-refractivity contribution in [2.75, 3.05) is 5.32 Å². The topological polar surface area (TPSA) is 79.5 Å². The third-order valence-corrected chi connectivity index (χ3v) is 7.95. The maximum absolute atomic E-state index is 15.4. The van der Waals surface area contributed by atoms with Gasteiger partial charge in [-0.15, -0.1) is 0 Å². The van der Waals surface area contributed by atoms with E-state index in [-0.39, 0.29) is 41.1 Å². The number of ether oxygens (including phenoxy) is 1. The van der Waals surface area contributed by atoms with Gasteiger partial charge in [-0.25, -0.2) is 4.39 Å². The van der Waals surface area contributed by atoms with Crippen LogP contribution in [0.5, 0.6) is 0 Å². The summed E-state index contributed by atoms with van der Waals surface area (Å²) in [4.78, 5) is 25.0. The van der Waals surface area contributed by atoms with Gasteiger partial charge in [-0.3, -0.25) is 9.59 Å². The Morgan fingerprint density at radius 1 is 1.11 bits per heavy atom. The van der Waals surface area contributed by atoms with Gasteiger partial charge in [0.25, 0.3) is 0 Å². The zero-order valence-electron chi connectivity index (χ0n) is 21.3. The van der Waals surface area contributed by atoms with Gasteiger partial charge in [-0.2, -0.15) is 0 Å². The first kappa shape index (κ1) is 27.8. The van der Waals surface area contributed by atoms with E-state index in [1.54, 1.807) is 24.3 Å². The molecule has 1 heterocycles. The molecule has 6 nitrogen and oxygen atoms in total. The lowest BCUT2D eigenvalue weighted by Crippen LogP contribution is -2.49. The second kappa shape index (κ2) is 12.1. The van der Waals surface area contributed by atoms with Crippen molar-refractivity contribution in [3.63, 3.8) is 0 Å². The Morgan fingerprint density at radius 2 is 1.84 bits per heavy atom. The van der Waals surface area contributed by atoms with Crippen LogP contribution in [-0.2, 0) is 14.3 Å². The van der Waals surface area contributed by atoms with Gasteiger partial charge in [0.2, 0.25) is 12.3 Å². The molecule has 2 amide bonds. The van der Waals surface area contributed by atoms with Gasteiger partial charge in [0.05, 0.1) is 23.3 Å². The standard InChI is InChI=1S/C28H34Cl2FN3O3/c1-15(2)37-19-10-8-18(9-11-19)34-28(36)27-25(21-5-4-6-22(30)26(21)31)24(16(3)33-27)20-12-7-17(29)13-23(20)32-14-35/h4-7,12-16,18-19,24-25,27,33H,8-11H2,1-3H3,(H,32,35)(H,34,36)/t16-,18?,19?,24?,25+,27?/m0/s1. The van der Waals surface area contributed by atoms with E-state index in [4.69, 9.17) is 27.9 Å². The predicted molar refractivity (Wildman–Crippen MR) is 145 cm³/mol. The van der Waals surface area contributed by atoms with Crippen molar-refractivity contribution in [1.82, 2.24) is 10.6 Å². The van der Waals surface area contributed by atoms with Crippen molar-refractivity contribution in [1.29, 1.82) is 0 Å². The number of carbonyl (C=O) groups excluding carboxylic acids is 2. The van der Waals surface area contributed by atoms with Crippen molar-refractivity contribution < 1.29 is 18.7 Å². The molecule has 0 radical (unpaired) electrons. The molecule has 0 aromatic heterocycles. The molecule has 0 spiro atoms. The van der Waals surface area contributed by atoms with Crippen LogP contribution in [0.4, 0.5) is 10.1 Å². The van der Waals surface area contributed by atoms with E-state index in [1.165, 1.54) is 6.07 Å². The van der Waals surface area contributed by atoms with Crippen molar-refractivity contribution in [2.45, 2.75) is 88.6 Å². The van der Waals surface area contributed by atoms with Crippen molar-refractivity contribution >= 4 is 41.2 Å². The van der Waals surface area contributed by atoms with Crippen molar-refractivity contribution in [2.24, 2.45) is 0 Å². The molecule has 2 unspecified atom stereocenters. The Kier molecular flexibility index (Phi) is 9.11. The first-order valence-corrected chi connectivity index (χ1v) is 13.6. The minimum absolute atomic E-state index is 0.000724. The molecular weight excluding hydrogens is 516 g/mol. The van der Waals surface area contributed by atoms with Crippen LogP contribution in [0.15, 0.2) is 36.4 Å². The Labute approximate surface area is 227 Å². The molecule has 2 aromatic carbocycles. The maximum Gasteiger partial charge on any atom is 0.238 e. The number of rotatable bonds is 8. The molecule has 1 saturated carbocycles. The lowest BCUT2D eigenvalue weighted by atomic mass is 9.77. The summed E-state index contributed by atoms with van der Waals surface area (Å²) in [6.07, 6.45) is 4.41. The molecule has 1 aliphatic heterocycles. The zero-order valence-corrected chi connectivity index (χ0v) is 22.8. The number of carbonyl (C=O) groups is 2.